The van der Waals surface area contributed by atoms with Crippen LogP contribution in [0.5, 0.6) is 0 Å². The van der Waals surface area contributed by atoms with Gasteiger partial charge in [-0.2, -0.15) is 0 Å². The van der Waals surface area contributed by atoms with Gasteiger partial charge in [-0.05, 0) is 24.0 Å². The molecule has 2 unspecified atom stereocenters. The number of carbonyl (C=O) groups is 2. The molecule has 9 nitrogen and oxygen atoms in total. The summed E-state index contributed by atoms with van der Waals surface area (Å²) in [7, 11) is -6.16. The van der Waals surface area contributed by atoms with E-state index in [1.165, 1.54) is 35.7 Å². The molecule has 0 fully saturated rings. The van der Waals surface area contributed by atoms with Crippen molar-refractivity contribution in [3.63, 3.8) is 0 Å². The fourth-order valence-electron chi connectivity index (χ4n) is 4.24. The molecule has 0 radical (unpaired) electrons. The third kappa shape index (κ3) is 8.83. The number of esters is 2. The van der Waals surface area contributed by atoms with E-state index in [4.69, 9.17) is 13.8 Å². The van der Waals surface area contributed by atoms with Crippen molar-refractivity contribution < 1.29 is 32.5 Å². The van der Waals surface area contributed by atoms with Gasteiger partial charge in [0.25, 0.3) is 0 Å². The zero-order valence-corrected chi connectivity index (χ0v) is 25.3. The molecule has 2 aromatic rings. The van der Waals surface area contributed by atoms with Crippen molar-refractivity contribution in [2.75, 3.05) is 27.3 Å². The predicted molar refractivity (Wildman–Crippen MR) is 162 cm³/mol. The lowest BCUT2D eigenvalue weighted by molar-refractivity contribution is -0.145. The molecule has 0 aromatic heterocycles. The highest BCUT2D eigenvalue weighted by Gasteiger charge is 2.47. The predicted octanol–water partition coefficient (Wildman–Crippen LogP) is 6.22. The molecule has 0 aliphatic rings. The topological polar surface area (TPSA) is 102 Å². The third-order valence-corrected chi connectivity index (χ3v) is 11.4. The fourth-order valence-corrected chi connectivity index (χ4v) is 9.10. The summed E-state index contributed by atoms with van der Waals surface area (Å²) in [6.45, 7) is 14.7. The molecular weight excluding hydrogens is 562 g/mol. The molecule has 4 atom stereocenters. The Morgan fingerprint density at radius 2 is 1.05 bits per heavy atom. The van der Waals surface area contributed by atoms with Gasteiger partial charge in [0.2, 0.25) is 0 Å². The van der Waals surface area contributed by atoms with E-state index in [1.807, 2.05) is 60.7 Å². The van der Waals surface area contributed by atoms with Crippen LogP contribution in [-0.2, 0) is 45.3 Å². The molecule has 41 heavy (non-hydrogen) atoms. The van der Waals surface area contributed by atoms with Crippen LogP contribution >= 0.6 is 15.0 Å². The van der Waals surface area contributed by atoms with Crippen molar-refractivity contribution in [2.45, 2.75) is 24.9 Å². The van der Waals surface area contributed by atoms with Crippen molar-refractivity contribution in [3.8, 4) is 0 Å². The Morgan fingerprint density at radius 3 is 1.32 bits per heavy atom. The molecule has 0 heterocycles. The zero-order valence-electron chi connectivity index (χ0n) is 23.5. The lowest BCUT2D eigenvalue weighted by atomic mass is 10.1. The van der Waals surface area contributed by atoms with Crippen LogP contribution in [-0.4, -0.2) is 60.7 Å². The molecule has 0 N–H and O–H groups in total. The molecule has 220 valence electrons. The van der Waals surface area contributed by atoms with Crippen molar-refractivity contribution in [2.24, 2.45) is 0 Å². The molecule has 0 saturated carbocycles. The average molecular weight is 601 g/mol. The lowest BCUT2D eigenvalue weighted by Gasteiger charge is -2.39. The first-order valence-electron chi connectivity index (χ1n) is 12.8. The minimum Gasteiger partial charge on any atom is -0.468 e. The standard InChI is InChI=1S/C30H38N2O7P2/c1-7-21-31(27(29(33)37-5)23-25-17-13-11-14-18-25)40(35,9-3)39-41(36,10-4)32(22-8-2)28(30(34)38-6)24-26-19-15-12-16-20-26/h7-20,27-28H,1-4,21-24H2,5-6H3/t27-,28-,40?,41?/m0/s1. The smallest absolute Gasteiger partial charge is 0.323 e. The lowest BCUT2D eigenvalue weighted by Crippen LogP contribution is -2.43. The number of hydrogen-bond donors (Lipinski definition) is 0. The molecule has 2 rings (SSSR count). The van der Waals surface area contributed by atoms with Crippen LogP contribution in [0.2, 0.25) is 0 Å². The van der Waals surface area contributed by atoms with E-state index in [0.29, 0.717) is 0 Å². The summed E-state index contributed by atoms with van der Waals surface area (Å²) in [4.78, 5) is 26.0. The Bertz CT molecular complexity index is 1200. The van der Waals surface area contributed by atoms with Gasteiger partial charge in [-0.3, -0.25) is 18.7 Å². The molecule has 0 aliphatic carbocycles. The van der Waals surface area contributed by atoms with Crippen LogP contribution in [0, 0.1) is 0 Å². The van der Waals surface area contributed by atoms with Gasteiger partial charge in [0.15, 0.2) is 0 Å². The van der Waals surface area contributed by atoms with E-state index in [2.05, 4.69) is 26.3 Å². The van der Waals surface area contributed by atoms with Crippen LogP contribution in [0.3, 0.4) is 0 Å². The summed E-state index contributed by atoms with van der Waals surface area (Å²) in [6.07, 6.45) is 3.09. The monoisotopic (exact) mass is 600 g/mol. The molecule has 0 bridgehead atoms. The Hall–Kier alpha value is -3.32. The normalized spacial score (nSPS) is 15.5. The summed E-state index contributed by atoms with van der Waals surface area (Å²) < 4.78 is 47.7. The van der Waals surface area contributed by atoms with Crippen molar-refractivity contribution in [1.29, 1.82) is 0 Å². The number of benzene rings is 2. The molecule has 0 saturated heterocycles. The van der Waals surface area contributed by atoms with Crippen LogP contribution in [0.1, 0.15) is 11.1 Å². The number of carbonyl (C=O) groups excluding carboxylic acids is 2. The quantitative estimate of drug-likeness (QED) is 0.112. The summed E-state index contributed by atoms with van der Waals surface area (Å²) >= 11 is 0. The Morgan fingerprint density at radius 1 is 0.707 bits per heavy atom. The largest absolute Gasteiger partial charge is 0.468 e. The molecule has 0 aliphatic heterocycles. The van der Waals surface area contributed by atoms with Gasteiger partial charge in [-0.1, -0.05) is 86.0 Å². The van der Waals surface area contributed by atoms with E-state index in [9.17, 15) is 18.7 Å². The van der Waals surface area contributed by atoms with E-state index < -0.39 is 39.1 Å². The van der Waals surface area contributed by atoms with Gasteiger partial charge in [0.1, 0.15) is 12.1 Å². The highest BCUT2D eigenvalue weighted by atomic mass is 31.2. The number of nitrogens with zero attached hydrogens (tertiary/aromatic N) is 2. The number of rotatable bonds is 18. The second-order valence-electron chi connectivity index (χ2n) is 8.85. The molecule has 11 heteroatoms. The van der Waals surface area contributed by atoms with Gasteiger partial charge in [-0.25, -0.2) is 13.7 Å². The second-order valence-corrected chi connectivity index (χ2v) is 13.5. The highest BCUT2D eigenvalue weighted by Crippen LogP contribution is 2.69. The first-order chi connectivity index (χ1) is 19.6. The van der Waals surface area contributed by atoms with E-state index in [-0.39, 0.29) is 25.9 Å². The van der Waals surface area contributed by atoms with Crippen LogP contribution in [0.4, 0.5) is 0 Å². The average Bonchev–Trinajstić information content (AvgIpc) is 3.00. The van der Waals surface area contributed by atoms with Gasteiger partial charge >= 0.3 is 27.0 Å². The van der Waals surface area contributed by atoms with Crippen LogP contribution in [0.25, 0.3) is 0 Å². The van der Waals surface area contributed by atoms with Crippen molar-refractivity contribution >= 4 is 27.0 Å². The Kier molecular flexibility index (Phi) is 13.4. The maximum Gasteiger partial charge on any atom is 0.323 e. The summed E-state index contributed by atoms with van der Waals surface area (Å²) in [6, 6.07) is 15.9. The first-order valence-corrected chi connectivity index (χ1v) is 16.1. The fraction of sp³-hybridized carbons (Fsp3) is 0.267. The Labute approximate surface area is 242 Å². The van der Waals surface area contributed by atoms with Gasteiger partial charge in [0.05, 0.1) is 14.2 Å². The minimum absolute atomic E-state index is 0.0983. The van der Waals surface area contributed by atoms with Crippen molar-refractivity contribution in [3.05, 3.63) is 122 Å². The highest BCUT2D eigenvalue weighted by molar-refractivity contribution is 7.72. The number of hydrogen-bond acceptors (Lipinski definition) is 7. The van der Waals surface area contributed by atoms with Crippen LogP contribution in [0.15, 0.2) is 111 Å². The van der Waals surface area contributed by atoms with E-state index in [1.54, 1.807) is 0 Å². The van der Waals surface area contributed by atoms with Gasteiger partial charge < -0.3 is 9.47 Å². The molecule has 2 aromatic carbocycles. The van der Waals surface area contributed by atoms with Gasteiger partial charge in [0, 0.05) is 24.7 Å². The molecule has 0 amide bonds. The van der Waals surface area contributed by atoms with Gasteiger partial charge in [-0.15, -0.1) is 13.2 Å². The molecule has 0 spiro atoms. The van der Waals surface area contributed by atoms with Crippen LogP contribution < -0.4 is 0 Å². The zero-order chi connectivity index (χ0) is 30.5. The number of ether oxygens (including phenoxy) is 2. The maximum absolute atomic E-state index is 14.6. The second kappa shape index (κ2) is 16.2. The SMILES string of the molecule is C=CCN([C@@H](Cc1ccccc1)C(=O)OC)P(=O)(C=C)OP(=O)(C=C)N(CC=C)[C@@H](Cc1ccccc1)C(=O)OC. The molecular formula is C30H38N2O7P2. The Balaban J connectivity index is 2.62. The number of methoxy groups -OCH3 is 2. The van der Waals surface area contributed by atoms with E-state index >= 15 is 0 Å². The minimum atomic E-state index is -4.30. The van der Waals surface area contributed by atoms with E-state index in [0.717, 1.165) is 22.8 Å². The van der Waals surface area contributed by atoms with Crippen molar-refractivity contribution in [1.82, 2.24) is 9.34 Å². The first kappa shape index (κ1) is 33.9. The summed E-state index contributed by atoms with van der Waals surface area (Å²) in [5.41, 5.74) is 1.53. The summed E-state index contributed by atoms with van der Waals surface area (Å²) in [5, 5.41) is 0. The third-order valence-electron chi connectivity index (χ3n) is 6.25. The maximum atomic E-state index is 14.6. The summed E-state index contributed by atoms with van der Waals surface area (Å²) in [5.74, 6) is 0.664.